The Bertz CT molecular complexity index is 369. The molecular formula is C9H7BrN2O2. The van der Waals surface area contributed by atoms with Crippen LogP contribution < -0.4 is 5.32 Å². The highest BCUT2D eigenvalue weighted by Crippen LogP contribution is 2.10. The van der Waals surface area contributed by atoms with E-state index in [4.69, 9.17) is 0 Å². The van der Waals surface area contributed by atoms with Gasteiger partial charge in [0.1, 0.15) is 6.67 Å². The number of amides is 1. The monoisotopic (exact) mass is 254 g/mol. The van der Waals surface area contributed by atoms with E-state index in [0.717, 1.165) is 4.47 Å². The number of hydrogen-bond donors (Lipinski definition) is 1. The summed E-state index contributed by atoms with van der Waals surface area (Å²) in [4.78, 5) is 24.2. The van der Waals surface area contributed by atoms with E-state index in [-0.39, 0.29) is 12.6 Å². The molecule has 1 rings (SSSR count). The van der Waals surface area contributed by atoms with Crippen LogP contribution in [0.2, 0.25) is 0 Å². The van der Waals surface area contributed by atoms with E-state index in [1.165, 1.54) is 6.08 Å². The van der Waals surface area contributed by atoms with E-state index in [1.54, 1.807) is 24.3 Å². The van der Waals surface area contributed by atoms with Gasteiger partial charge in [-0.1, -0.05) is 15.9 Å². The molecule has 1 aromatic carbocycles. The first kappa shape index (κ1) is 10.6. The molecule has 0 aliphatic rings. The van der Waals surface area contributed by atoms with Crippen LogP contribution in [-0.4, -0.2) is 18.7 Å². The fourth-order valence-corrected chi connectivity index (χ4v) is 1.11. The Morgan fingerprint density at radius 1 is 1.43 bits per heavy atom. The van der Waals surface area contributed by atoms with Crippen molar-refractivity contribution in [3.8, 4) is 0 Å². The van der Waals surface area contributed by atoms with E-state index < -0.39 is 0 Å². The Morgan fingerprint density at radius 3 is 2.64 bits per heavy atom. The third-order valence-corrected chi connectivity index (χ3v) is 2.02. The number of hydrogen-bond acceptors (Lipinski definition) is 3. The zero-order chi connectivity index (χ0) is 10.4. The minimum absolute atomic E-state index is 0.0433. The SMILES string of the molecule is O=C=NCNC(=O)c1ccc(Br)cc1. The van der Waals surface area contributed by atoms with E-state index in [1.807, 2.05) is 0 Å². The first-order valence-electron chi connectivity index (χ1n) is 3.81. The maximum Gasteiger partial charge on any atom is 0.252 e. The predicted molar refractivity (Wildman–Crippen MR) is 54.6 cm³/mol. The quantitative estimate of drug-likeness (QED) is 0.656. The molecule has 1 amide bonds. The smallest absolute Gasteiger partial charge is 0.252 e. The molecule has 1 N–H and O–H groups in total. The van der Waals surface area contributed by atoms with Crippen LogP contribution in [-0.2, 0) is 4.79 Å². The van der Waals surface area contributed by atoms with Crippen LogP contribution in [0, 0.1) is 0 Å². The van der Waals surface area contributed by atoms with Gasteiger partial charge in [0.25, 0.3) is 5.91 Å². The molecule has 0 heterocycles. The lowest BCUT2D eigenvalue weighted by Gasteiger charge is -2.00. The third-order valence-electron chi connectivity index (χ3n) is 1.49. The second kappa shape index (κ2) is 5.32. The van der Waals surface area contributed by atoms with Crippen molar-refractivity contribution in [2.75, 3.05) is 6.67 Å². The number of carbonyl (C=O) groups excluding carboxylic acids is 2. The van der Waals surface area contributed by atoms with Crippen LogP contribution in [0.1, 0.15) is 10.4 Å². The average molecular weight is 255 g/mol. The van der Waals surface area contributed by atoms with E-state index in [0.29, 0.717) is 5.56 Å². The van der Waals surface area contributed by atoms with Crippen molar-refractivity contribution in [1.82, 2.24) is 5.32 Å². The van der Waals surface area contributed by atoms with Gasteiger partial charge >= 0.3 is 0 Å². The number of benzene rings is 1. The molecule has 0 unspecified atom stereocenters. The normalized spacial score (nSPS) is 8.93. The Hall–Kier alpha value is -1.45. The topological polar surface area (TPSA) is 58.5 Å². The van der Waals surface area contributed by atoms with Crippen LogP contribution >= 0.6 is 15.9 Å². The molecule has 72 valence electrons. The Kier molecular flexibility index (Phi) is 4.04. The molecule has 0 saturated heterocycles. The molecule has 0 spiro atoms. The molecule has 5 heteroatoms. The zero-order valence-electron chi connectivity index (χ0n) is 7.16. The van der Waals surface area contributed by atoms with Gasteiger partial charge in [0, 0.05) is 10.0 Å². The van der Waals surface area contributed by atoms with Gasteiger partial charge < -0.3 is 5.32 Å². The second-order valence-electron chi connectivity index (χ2n) is 2.42. The molecule has 14 heavy (non-hydrogen) atoms. The summed E-state index contributed by atoms with van der Waals surface area (Å²) < 4.78 is 0.903. The number of rotatable bonds is 3. The molecule has 4 nitrogen and oxygen atoms in total. The fraction of sp³-hybridized carbons (Fsp3) is 0.111. The number of carbonyl (C=O) groups is 1. The summed E-state index contributed by atoms with van der Waals surface area (Å²) in [6.45, 7) is -0.0433. The van der Waals surface area contributed by atoms with Crippen LogP contribution in [0.15, 0.2) is 33.7 Å². The number of halogens is 1. The second-order valence-corrected chi connectivity index (χ2v) is 3.34. The molecule has 0 aliphatic carbocycles. The first-order chi connectivity index (χ1) is 6.74. The third kappa shape index (κ3) is 3.12. The minimum Gasteiger partial charge on any atom is -0.332 e. The van der Waals surface area contributed by atoms with Crippen molar-refractivity contribution in [3.63, 3.8) is 0 Å². The van der Waals surface area contributed by atoms with Crippen molar-refractivity contribution in [1.29, 1.82) is 0 Å². The maximum absolute atomic E-state index is 11.3. The highest BCUT2D eigenvalue weighted by molar-refractivity contribution is 9.10. The van der Waals surface area contributed by atoms with Gasteiger partial charge in [0.2, 0.25) is 6.08 Å². The summed E-state index contributed by atoms with van der Waals surface area (Å²) in [6.07, 6.45) is 1.34. The highest BCUT2D eigenvalue weighted by atomic mass is 79.9. The lowest BCUT2D eigenvalue weighted by atomic mass is 10.2. The van der Waals surface area contributed by atoms with Gasteiger partial charge in [-0.15, -0.1) is 0 Å². The number of isocyanates is 1. The van der Waals surface area contributed by atoms with Crippen LogP contribution in [0.3, 0.4) is 0 Å². The van der Waals surface area contributed by atoms with Gasteiger partial charge in [-0.25, -0.2) is 4.79 Å². The van der Waals surface area contributed by atoms with E-state index >= 15 is 0 Å². The van der Waals surface area contributed by atoms with Crippen LogP contribution in [0.5, 0.6) is 0 Å². The summed E-state index contributed by atoms with van der Waals surface area (Å²) >= 11 is 3.26. The molecule has 0 aliphatic heterocycles. The molecule has 0 atom stereocenters. The molecule has 0 fully saturated rings. The summed E-state index contributed by atoms with van der Waals surface area (Å²) in [5.74, 6) is -0.267. The van der Waals surface area contributed by atoms with E-state index in [9.17, 15) is 9.59 Å². The maximum atomic E-state index is 11.3. The largest absolute Gasteiger partial charge is 0.332 e. The molecular weight excluding hydrogens is 248 g/mol. The standard InChI is InChI=1S/C9H7BrN2O2/c10-8-3-1-7(2-4-8)9(14)12-5-11-6-13/h1-4H,5H2,(H,12,14). The first-order valence-corrected chi connectivity index (χ1v) is 4.60. The minimum atomic E-state index is -0.267. The van der Waals surface area contributed by atoms with Gasteiger partial charge in [0.15, 0.2) is 0 Å². The van der Waals surface area contributed by atoms with Crippen molar-refractivity contribution in [2.24, 2.45) is 4.99 Å². The van der Waals surface area contributed by atoms with Crippen molar-refractivity contribution in [2.45, 2.75) is 0 Å². The number of nitrogens with one attached hydrogen (secondary N) is 1. The Morgan fingerprint density at radius 2 is 2.07 bits per heavy atom. The average Bonchev–Trinajstić information content (AvgIpc) is 2.19. The molecule has 1 aromatic rings. The van der Waals surface area contributed by atoms with Gasteiger partial charge in [-0.05, 0) is 24.3 Å². The highest BCUT2D eigenvalue weighted by Gasteiger charge is 2.02. The van der Waals surface area contributed by atoms with Crippen molar-refractivity contribution >= 4 is 27.9 Å². The lowest BCUT2D eigenvalue weighted by molar-refractivity contribution is 0.0955. The number of aliphatic imine (C=N–C) groups is 1. The molecule has 0 bridgehead atoms. The van der Waals surface area contributed by atoms with Gasteiger partial charge in [-0.3, -0.25) is 4.79 Å². The fourth-order valence-electron chi connectivity index (χ4n) is 0.847. The summed E-state index contributed by atoms with van der Waals surface area (Å²) in [5, 5.41) is 2.44. The lowest BCUT2D eigenvalue weighted by Crippen LogP contribution is -2.23. The van der Waals surface area contributed by atoms with E-state index in [2.05, 4.69) is 26.2 Å². The summed E-state index contributed by atoms with van der Waals surface area (Å²) in [6, 6.07) is 6.86. The van der Waals surface area contributed by atoms with Crippen molar-refractivity contribution < 1.29 is 9.59 Å². The Labute approximate surface area is 89.2 Å². The summed E-state index contributed by atoms with van der Waals surface area (Å²) in [5.41, 5.74) is 0.522. The van der Waals surface area contributed by atoms with Crippen molar-refractivity contribution in [3.05, 3.63) is 34.3 Å². The molecule has 0 radical (unpaired) electrons. The number of nitrogens with zero attached hydrogens (tertiary/aromatic N) is 1. The summed E-state index contributed by atoms with van der Waals surface area (Å²) in [7, 11) is 0. The molecule has 0 saturated carbocycles. The molecule has 0 aromatic heterocycles. The van der Waals surface area contributed by atoms with Gasteiger partial charge in [-0.2, -0.15) is 4.99 Å². The zero-order valence-corrected chi connectivity index (χ0v) is 8.74. The van der Waals surface area contributed by atoms with Crippen LogP contribution in [0.25, 0.3) is 0 Å². The Balaban J connectivity index is 2.60. The van der Waals surface area contributed by atoms with Gasteiger partial charge in [0.05, 0.1) is 0 Å². The van der Waals surface area contributed by atoms with Crippen LogP contribution in [0.4, 0.5) is 0 Å². The predicted octanol–water partition coefficient (Wildman–Crippen LogP) is 1.47.